The summed E-state index contributed by atoms with van der Waals surface area (Å²) < 4.78 is 0. The highest BCUT2D eigenvalue weighted by Gasteiger charge is 2.43. The van der Waals surface area contributed by atoms with E-state index >= 15 is 0 Å². The van der Waals surface area contributed by atoms with E-state index in [4.69, 9.17) is 0 Å². The van der Waals surface area contributed by atoms with E-state index in [0.29, 0.717) is 12.0 Å². The van der Waals surface area contributed by atoms with Gasteiger partial charge in [0.1, 0.15) is 0 Å². The van der Waals surface area contributed by atoms with Crippen LogP contribution in [0.1, 0.15) is 20.3 Å². The Balaban J connectivity index is 1.99. The first-order valence-electron chi connectivity index (χ1n) is 6.24. The molecule has 2 aliphatic heterocycles. The molecule has 4 heteroatoms. The molecule has 4 nitrogen and oxygen atoms in total. The molecule has 2 heterocycles. The monoisotopic (exact) mass is 225 g/mol. The van der Waals surface area contributed by atoms with Gasteiger partial charge in [-0.1, -0.05) is 6.92 Å². The third kappa shape index (κ3) is 1.96. The molecule has 0 radical (unpaired) electrons. The quantitative estimate of drug-likeness (QED) is 0.698. The fourth-order valence-corrected chi connectivity index (χ4v) is 3.05. The second kappa shape index (κ2) is 4.34. The van der Waals surface area contributed by atoms with Gasteiger partial charge in [0.15, 0.2) is 0 Å². The number of likely N-dealkylation sites (tertiary alicyclic amines) is 1. The maximum atomic E-state index is 11.8. The van der Waals surface area contributed by atoms with Crippen molar-refractivity contribution in [3.63, 3.8) is 0 Å². The van der Waals surface area contributed by atoms with Crippen LogP contribution < -0.4 is 10.6 Å². The third-order valence-corrected chi connectivity index (χ3v) is 4.22. The fourth-order valence-electron chi connectivity index (χ4n) is 3.05. The Kier molecular flexibility index (Phi) is 3.22. The van der Waals surface area contributed by atoms with Crippen LogP contribution in [0.15, 0.2) is 0 Å². The molecule has 1 amide bonds. The van der Waals surface area contributed by atoms with Gasteiger partial charge < -0.3 is 10.6 Å². The van der Waals surface area contributed by atoms with Crippen molar-refractivity contribution < 1.29 is 4.79 Å². The Morgan fingerprint density at radius 2 is 2.25 bits per heavy atom. The van der Waals surface area contributed by atoms with Crippen molar-refractivity contribution in [2.24, 2.45) is 11.3 Å². The summed E-state index contributed by atoms with van der Waals surface area (Å²) in [6.45, 7) is 8.52. The zero-order chi connectivity index (χ0) is 11.8. The number of nitrogens with one attached hydrogen (secondary N) is 2. The van der Waals surface area contributed by atoms with Gasteiger partial charge in [-0.25, -0.2) is 0 Å². The second-order valence-electron chi connectivity index (χ2n) is 5.56. The zero-order valence-corrected chi connectivity index (χ0v) is 10.5. The van der Waals surface area contributed by atoms with Gasteiger partial charge in [-0.3, -0.25) is 9.69 Å². The summed E-state index contributed by atoms with van der Waals surface area (Å²) in [5.74, 6) is 0.889. The number of hydrogen-bond donors (Lipinski definition) is 2. The predicted octanol–water partition coefficient (Wildman–Crippen LogP) is 0.0523. The molecule has 0 aliphatic carbocycles. The van der Waals surface area contributed by atoms with Crippen LogP contribution in [-0.2, 0) is 4.79 Å². The third-order valence-electron chi connectivity index (χ3n) is 4.22. The predicted molar refractivity (Wildman–Crippen MR) is 64.2 cm³/mol. The Bertz CT molecular complexity index is 281. The van der Waals surface area contributed by atoms with Gasteiger partial charge in [-0.05, 0) is 32.4 Å². The van der Waals surface area contributed by atoms with Crippen molar-refractivity contribution in [2.75, 3.05) is 33.2 Å². The van der Waals surface area contributed by atoms with E-state index in [1.165, 1.54) is 0 Å². The fraction of sp³-hybridized carbons (Fsp3) is 0.917. The molecule has 2 fully saturated rings. The van der Waals surface area contributed by atoms with Crippen LogP contribution >= 0.6 is 0 Å². The average molecular weight is 225 g/mol. The first-order chi connectivity index (χ1) is 7.57. The van der Waals surface area contributed by atoms with Crippen LogP contribution in [-0.4, -0.2) is 50.1 Å². The highest BCUT2D eigenvalue weighted by atomic mass is 16.2. The molecule has 2 N–H and O–H groups in total. The number of amides is 1. The summed E-state index contributed by atoms with van der Waals surface area (Å²) >= 11 is 0. The summed E-state index contributed by atoms with van der Waals surface area (Å²) in [5.41, 5.74) is -0.183. The summed E-state index contributed by atoms with van der Waals surface area (Å²) in [5, 5.41) is 6.22. The molecule has 0 aromatic carbocycles. The molecular weight excluding hydrogens is 202 g/mol. The van der Waals surface area contributed by atoms with Crippen LogP contribution in [0.3, 0.4) is 0 Å². The lowest BCUT2D eigenvalue weighted by atomic mass is 9.89. The molecule has 0 aromatic rings. The van der Waals surface area contributed by atoms with Gasteiger partial charge in [0.2, 0.25) is 5.91 Å². The molecule has 92 valence electrons. The SMILES string of the molecule is CNC(=O)C1(C)CCN(C2CNCC2C)C1. The minimum Gasteiger partial charge on any atom is -0.359 e. The molecule has 2 aliphatic rings. The van der Waals surface area contributed by atoms with Gasteiger partial charge in [-0.15, -0.1) is 0 Å². The van der Waals surface area contributed by atoms with Gasteiger partial charge in [0.05, 0.1) is 5.41 Å². The summed E-state index contributed by atoms with van der Waals surface area (Å²) in [6.07, 6.45) is 0.982. The molecule has 3 unspecified atom stereocenters. The average Bonchev–Trinajstić information content (AvgIpc) is 2.84. The normalized spacial score (nSPS) is 40.2. The van der Waals surface area contributed by atoms with Crippen molar-refractivity contribution in [1.82, 2.24) is 15.5 Å². The van der Waals surface area contributed by atoms with Crippen molar-refractivity contribution >= 4 is 5.91 Å². The van der Waals surface area contributed by atoms with Crippen molar-refractivity contribution in [3.8, 4) is 0 Å². The number of rotatable bonds is 2. The Labute approximate surface area is 97.8 Å². The van der Waals surface area contributed by atoms with Crippen LogP contribution in [0.5, 0.6) is 0 Å². The summed E-state index contributed by atoms with van der Waals surface area (Å²) in [7, 11) is 1.73. The minimum absolute atomic E-state index is 0.183. The van der Waals surface area contributed by atoms with Crippen molar-refractivity contribution in [2.45, 2.75) is 26.3 Å². The Morgan fingerprint density at radius 3 is 2.81 bits per heavy atom. The lowest BCUT2D eigenvalue weighted by molar-refractivity contribution is -0.129. The molecule has 0 saturated carbocycles. The van der Waals surface area contributed by atoms with Crippen LogP contribution in [0.2, 0.25) is 0 Å². The largest absolute Gasteiger partial charge is 0.359 e. The number of hydrogen-bond acceptors (Lipinski definition) is 3. The summed E-state index contributed by atoms with van der Waals surface area (Å²) in [4.78, 5) is 14.3. The maximum Gasteiger partial charge on any atom is 0.227 e. The van der Waals surface area contributed by atoms with Crippen LogP contribution in [0, 0.1) is 11.3 Å². The standard InChI is InChI=1S/C12H23N3O/c1-9-6-14-7-10(9)15-5-4-12(2,8-15)11(16)13-3/h9-10,14H,4-8H2,1-3H3,(H,13,16). The van der Waals surface area contributed by atoms with Gasteiger partial charge in [0, 0.05) is 26.2 Å². The van der Waals surface area contributed by atoms with Crippen LogP contribution in [0.4, 0.5) is 0 Å². The van der Waals surface area contributed by atoms with Gasteiger partial charge in [-0.2, -0.15) is 0 Å². The summed E-state index contributed by atoms with van der Waals surface area (Å²) in [6, 6.07) is 0.617. The molecule has 0 aromatic heterocycles. The molecule has 16 heavy (non-hydrogen) atoms. The molecule has 3 atom stereocenters. The van der Waals surface area contributed by atoms with Gasteiger partial charge >= 0.3 is 0 Å². The van der Waals surface area contributed by atoms with E-state index in [-0.39, 0.29) is 11.3 Å². The number of carbonyl (C=O) groups is 1. The minimum atomic E-state index is -0.183. The van der Waals surface area contributed by atoms with E-state index in [1.807, 2.05) is 0 Å². The highest BCUT2D eigenvalue weighted by molar-refractivity contribution is 5.82. The highest BCUT2D eigenvalue weighted by Crippen LogP contribution is 2.33. The first kappa shape index (κ1) is 11.9. The smallest absolute Gasteiger partial charge is 0.227 e. The van der Waals surface area contributed by atoms with E-state index in [2.05, 4.69) is 29.4 Å². The van der Waals surface area contributed by atoms with E-state index in [1.54, 1.807) is 7.05 Å². The zero-order valence-electron chi connectivity index (χ0n) is 10.5. The second-order valence-corrected chi connectivity index (χ2v) is 5.56. The maximum absolute atomic E-state index is 11.8. The molecule has 2 saturated heterocycles. The van der Waals surface area contributed by atoms with Gasteiger partial charge in [0.25, 0.3) is 0 Å². The molecule has 0 spiro atoms. The first-order valence-corrected chi connectivity index (χ1v) is 6.24. The van der Waals surface area contributed by atoms with E-state index in [0.717, 1.165) is 32.6 Å². The van der Waals surface area contributed by atoms with E-state index in [9.17, 15) is 4.79 Å². The van der Waals surface area contributed by atoms with Crippen molar-refractivity contribution in [1.29, 1.82) is 0 Å². The molecule has 2 rings (SSSR count). The lowest BCUT2D eigenvalue weighted by Crippen LogP contribution is -2.43. The number of carbonyl (C=O) groups excluding carboxylic acids is 1. The van der Waals surface area contributed by atoms with Crippen molar-refractivity contribution in [3.05, 3.63) is 0 Å². The molecular formula is C12H23N3O. The Hall–Kier alpha value is -0.610. The number of nitrogens with zero attached hydrogens (tertiary/aromatic N) is 1. The lowest BCUT2D eigenvalue weighted by Gasteiger charge is -2.28. The molecule has 0 bridgehead atoms. The van der Waals surface area contributed by atoms with E-state index < -0.39 is 0 Å². The Morgan fingerprint density at radius 1 is 1.50 bits per heavy atom. The topological polar surface area (TPSA) is 44.4 Å². The van der Waals surface area contributed by atoms with Crippen LogP contribution in [0.25, 0.3) is 0 Å².